The number of carbonyl (C=O) groups excluding carboxylic acids is 4. The van der Waals surface area contributed by atoms with Crippen molar-refractivity contribution in [3.63, 3.8) is 0 Å². The van der Waals surface area contributed by atoms with Crippen LogP contribution in [0, 0.1) is 68.0 Å². The Morgan fingerprint density at radius 1 is 0.817 bits per heavy atom. The first-order valence-corrected chi connectivity index (χ1v) is 24.1. The largest absolute Gasteiger partial charge is 0.459 e. The summed E-state index contributed by atoms with van der Waals surface area (Å²) in [6.07, 6.45) is 12.2. The summed E-state index contributed by atoms with van der Waals surface area (Å²) in [6, 6.07) is 0. The Bertz CT molecular complexity index is 1680. The number of fused-ring (bicyclic) bond motifs is 1. The van der Waals surface area contributed by atoms with Crippen molar-refractivity contribution >= 4 is 23.9 Å². The second-order valence-corrected chi connectivity index (χ2v) is 25.6. The summed E-state index contributed by atoms with van der Waals surface area (Å²) in [7, 11) is 0. The molecule has 0 aromatic rings. The van der Waals surface area contributed by atoms with Crippen molar-refractivity contribution in [1.29, 1.82) is 0 Å². The van der Waals surface area contributed by atoms with Crippen molar-refractivity contribution in [2.75, 3.05) is 0 Å². The van der Waals surface area contributed by atoms with Crippen molar-refractivity contribution in [2.45, 2.75) is 228 Å². The molecule has 12 atom stereocenters. The minimum Gasteiger partial charge on any atom is -0.459 e. The zero-order valence-electron chi connectivity index (χ0n) is 39.9. The molecule has 7 aliphatic carbocycles. The van der Waals surface area contributed by atoms with E-state index >= 15 is 4.79 Å². The Kier molecular flexibility index (Phi) is 11.4. The smallest absolute Gasteiger partial charge is 0.312 e. The van der Waals surface area contributed by atoms with Gasteiger partial charge in [0.25, 0.3) is 0 Å². The van der Waals surface area contributed by atoms with Crippen LogP contribution in [0.4, 0.5) is 0 Å². The number of hydrogen-bond donors (Lipinski definition) is 1. The lowest BCUT2D eigenvalue weighted by atomic mass is 9.48. The van der Waals surface area contributed by atoms with Gasteiger partial charge in [-0.05, 0) is 150 Å². The highest BCUT2D eigenvalue weighted by atomic mass is 16.6. The minimum absolute atomic E-state index is 0.0589. The molecular formula is C51H82O9. The maximum Gasteiger partial charge on any atom is 0.312 e. The van der Waals surface area contributed by atoms with E-state index in [-0.39, 0.29) is 53.1 Å². The van der Waals surface area contributed by atoms with E-state index < -0.39 is 55.9 Å². The van der Waals surface area contributed by atoms with Crippen LogP contribution in [-0.2, 0) is 38.1 Å². The molecule has 6 bridgehead atoms. The third kappa shape index (κ3) is 7.90. The topological polar surface area (TPSA) is 125 Å². The molecule has 1 saturated heterocycles. The Morgan fingerprint density at radius 3 is 1.98 bits per heavy atom. The Labute approximate surface area is 362 Å². The third-order valence-corrected chi connectivity index (χ3v) is 18.8. The van der Waals surface area contributed by atoms with Crippen LogP contribution in [0.2, 0.25) is 0 Å². The van der Waals surface area contributed by atoms with E-state index in [0.29, 0.717) is 43.9 Å². The van der Waals surface area contributed by atoms with E-state index in [2.05, 4.69) is 76.2 Å². The van der Waals surface area contributed by atoms with Crippen LogP contribution in [0.15, 0.2) is 0 Å². The zero-order valence-corrected chi connectivity index (χ0v) is 39.9. The molecule has 0 aromatic carbocycles. The van der Waals surface area contributed by atoms with E-state index in [9.17, 15) is 19.5 Å². The van der Waals surface area contributed by atoms with Crippen LogP contribution in [0.1, 0.15) is 199 Å². The van der Waals surface area contributed by atoms with Gasteiger partial charge in [-0.1, -0.05) is 76.2 Å². The maximum absolute atomic E-state index is 15.2. The summed E-state index contributed by atoms with van der Waals surface area (Å²) in [6.45, 7) is 27.6. The van der Waals surface area contributed by atoms with E-state index in [1.165, 1.54) is 0 Å². The van der Waals surface area contributed by atoms with Crippen LogP contribution in [0.3, 0.4) is 0 Å². The van der Waals surface area contributed by atoms with Gasteiger partial charge in [0.2, 0.25) is 0 Å². The predicted octanol–water partition coefficient (Wildman–Crippen LogP) is 10.7. The highest BCUT2D eigenvalue weighted by Crippen LogP contribution is 2.63. The molecule has 60 heavy (non-hydrogen) atoms. The number of rotatable bonds is 16. The lowest BCUT2D eigenvalue weighted by molar-refractivity contribution is -0.234. The van der Waals surface area contributed by atoms with Gasteiger partial charge in [0, 0.05) is 18.3 Å². The number of esters is 4. The van der Waals surface area contributed by atoms with E-state index in [1.54, 1.807) is 0 Å². The summed E-state index contributed by atoms with van der Waals surface area (Å²) < 4.78 is 25.8. The van der Waals surface area contributed by atoms with Gasteiger partial charge in [-0.3, -0.25) is 19.2 Å². The van der Waals surface area contributed by atoms with Gasteiger partial charge in [0.05, 0.1) is 28.3 Å². The molecule has 0 radical (unpaired) electrons. The monoisotopic (exact) mass is 839 g/mol. The van der Waals surface area contributed by atoms with Gasteiger partial charge < -0.3 is 24.1 Å². The molecule has 0 amide bonds. The van der Waals surface area contributed by atoms with Crippen molar-refractivity contribution in [1.82, 2.24) is 0 Å². The molecule has 340 valence electrons. The molecule has 1 aliphatic heterocycles. The Hall–Kier alpha value is -2.16. The summed E-state index contributed by atoms with van der Waals surface area (Å²) >= 11 is 0. The normalized spacial score (nSPS) is 36.7. The zero-order chi connectivity index (χ0) is 44.3. The van der Waals surface area contributed by atoms with Gasteiger partial charge >= 0.3 is 23.9 Å². The van der Waals surface area contributed by atoms with Crippen LogP contribution < -0.4 is 0 Å². The average Bonchev–Trinajstić information content (AvgIpc) is 3.87. The first-order valence-electron chi connectivity index (χ1n) is 24.1. The van der Waals surface area contributed by atoms with E-state index in [4.69, 9.17) is 18.9 Å². The van der Waals surface area contributed by atoms with Crippen molar-refractivity contribution < 1.29 is 43.2 Å². The number of hydrogen-bond acceptors (Lipinski definition) is 9. The first-order chi connectivity index (χ1) is 27.5. The highest BCUT2D eigenvalue weighted by Gasteiger charge is 2.66. The van der Waals surface area contributed by atoms with Crippen LogP contribution >= 0.6 is 0 Å². The summed E-state index contributed by atoms with van der Waals surface area (Å²) in [4.78, 5) is 57.5. The molecule has 8 rings (SSSR count). The minimum atomic E-state index is -0.963. The van der Waals surface area contributed by atoms with Crippen LogP contribution in [-0.4, -0.2) is 58.0 Å². The molecule has 9 heteroatoms. The lowest BCUT2D eigenvalue weighted by Gasteiger charge is -2.60. The lowest BCUT2D eigenvalue weighted by Crippen LogP contribution is -2.62. The summed E-state index contributed by atoms with van der Waals surface area (Å²) in [5.41, 5.74) is -6.02. The van der Waals surface area contributed by atoms with Gasteiger partial charge in [0.1, 0.15) is 23.4 Å². The van der Waals surface area contributed by atoms with Gasteiger partial charge in [0.15, 0.2) is 0 Å². The highest BCUT2D eigenvalue weighted by molar-refractivity contribution is 5.80. The van der Waals surface area contributed by atoms with Gasteiger partial charge in [-0.15, -0.1) is 0 Å². The third-order valence-electron chi connectivity index (χ3n) is 18.8. The molecule has 0 spiro atoms. The molecule has 7 saturated carbocycles. The van der Waals surface area contributed by atoms with E-state index in [0.717, 1.165) is 77.0 Å². The molecular weight excluding hydrogens is 757 g/mol. The Morgan fingerprint density at radius 2 is 1.43 bits per heavy atom. The predicted molar refractivity (Wildman–Crippen MR) is 230 cm³/mol. The number of ether oxygens (including phenoxy) is 4. The number of aliphatic hydroxyl groups is 1. The molecule has 8 aliphatic rings. The Balaban J connectivity index is 1.18. The maximum atomic E-state index is 15.2. The first kappa shape index (κ1) is 45.9. The standard InChI is InChI=1S/C51H82O9/c1-14-48(13,42(55)60-51-25-31-20-32(26-51)24-49(56,23-31)30-51)46(10,11)45(8,9)36(40(53)59-50(15-2)18-16-17-19-50)27-44(6,7)29-47(12,28-43(3,4)5)41(54)58-37-33-21-34-35(22-33)39(52)57-38(34)37/h31-38,56H,14-30H2,1-13H3/t31-,32?,33?,34?,35?,36?,37?,38?,47?,48?,49?,51?/m1/s1. The van der Waals surface area contributed by atoms with Crippen molar-refractivity contribution in [3.8, 4) is 0 Å². The van der Waals surface area contributed by atoms with Gasteiger partial charge in [-0.25, -0.2) is 0 Å². The van der Waals surface area contributed by atoms with Crippen LogP contribution in [0.5, 0.6) is 0 Å². The average molecular weight is 839 g/mol. The molecule has 1 heterocycles. The van der Waals surface area contributed by atoms with Crippen molar-refractivity contribution in [2.24, 2.45) is 68.0 Å². The summed E-state index contributed by atoms with van der Waals surface area (Å²) in [5, 5.41) is 11.5. The van der Waals surface area contributed by atoms with Gasteiger partial charge in [-0.2, -0.15) is 0 Å². The molecule has 1 N–H and O–H groups in total. The second kappa shape index (κ2) is 15.0. The molecule has 0 aromatic heterocycles. The molecule has 8 fully saturated rings. The fraction of sp³-hybridized carbons (Fsp3) is 0.922. The SMILES string of the molecule is CCC1(OC(=O)C(CC(C)(C)CC(C)(CC(C)(C)C)C(=O)OC2C3CC4C(=O)OC2C4C3)C(C)(C)C(C)(C)C(C)(CC)C(=O)OC23CC4C[C@H](CC(O)(C4)C2)C3)CCCC1. The van der Waals surface area contributed by atoms with Crippen LogP contribution in [0.25, 0.3) is 0 Å². The van der Waals surface area contributed by atoms with E-state index in [1.807, 2.05) is 13.8 Å². The quantitative estimate of drug-likeness (QED) is 0.119. The molecule has 11 unspecified atom stereocenters. The fourth-order valence-corrected chi connectivity index (χ4v) is 15.4. The fourth-order valence-electron chi connectivity index (χ4n) is 15.4. The van der Waals surface area contributed by atoms with Crippen molar-refractivity contribution in [3.05, 3.63) is 0 Å². The summed E-state index contributed by atoms with van der Waals surface area (Å²) in [5.74, 6) is -0.486. The second-order valence-electron chi connectivity index (χ2n) is 25.6. The molecule has 9 nitrogen and oxygen atoms in total. The number of carbonyl (C=O) groups is 4.